The van der Waals surface area contributed by atoms with Gasteiger partial charge in [0.15, 0.2) is 0 Å². The van der Waals surface area contributed by atoms with Crippen LogP contribution in [0.4, 0.5) is 10.1 Å². The molecule has 37 heavy (non-hydrogen) atoms. The fourth-order valence-electron chi connectivity index (χ4n) is 4.74. The number of anilines is 1. The van der Waals surface area contributed by atoms with Gasteiger partial charge >= 0.3 is 0 Å². The quantitative estimate of drug-likeness (QED) is 0.438. The van der Waals surface area contributed by atoms with E-state index in [1.54, 1.807) is 32.0 Å². The van der Waals surface area contributed by atoms with Crippen LogP contribution < -0.4 is 9.64 Å². The van der Waals surface area contributed by atoms with Crippen molar-refractivity contribution in [1.82, 2.24) is 4.90 Å². The lowest BCUT2D eigenvalue weighted by atomic mass is 9.93. The Hall–Kier alpha value is -3.15. The minimum Gasteiger partial charge on any atom is -0.491 e. The second-order valence-corrected chi connectivity index (χ2v) is 10.2. The Bertz CT molecular complexity index is 1240. The Labute approximate surface area is 222 Å². The Morgan fingerprint density at radius 3 is 2.49 bits per heavy atom. The lowest BCUT2D eigenvalue weighted by molar-refractivity contribution is 0.0102. The van der Waals surface area contributed by atoms with Crippen LogP contribution in [0.3, 0.4) is 0 Å². The van der Waals surface area contributed by atoms with Crippen LogP contribution in [0.15, 0.2) is 66.7 Å². The summed E-state index contributed by atoms with van der Waals surface area (Å²) in [6.45, 7) is 5.77. The molecule has 1 fully saturated rings. The second-order valence-electron chi connectivity index (χ2n) is 9.73. The van der Waals surface area contributed by atoms with Gasteiger partial charge in [-0.25, -0.2) is 4.39 Å². The lowest BCUT2D eigenvalue weighted by Crippen LogP contribution is -2.52. The van der Waals surface area contributed by atoms with Crippen molar-refractivity contribution < 1.29 is 19.3 Å². The SMILES string of the molecule is C[C@H](O)COc1ccc(N2CCN(C[C@@](C)(O)c3ccc(F)cc3)C[C@H]2c2ccc(Cl)cc2)c(C#N)c1. The molecular weight excluding hydrogens is 493 g/mol. The van der Waals surface area contributed by atoms with E-state index in [4.69, 9.17) is 16.3 Å². The van der Waals surface area contributed by atoms with Gasteiger partial charge in [0.2, 0.25) is 0 Å². The second kappa shape index (κ2) is 11.5. The minimum atomic E-state index is -1.17. The van der Waals surface area contributed by atoms with Gasteiger partial charge in [-0.3, -0.25) is 4.90 Å². The van der Waals surface area contributed by atoms with Crippen LogP contribution in [0.25, 0.3) is 0 Å². The minimum absolute atomic E-state index is 0.105. The molecule has 1 heterocycles. The van der Waals surface area contributed by atoms with Crippen LogP contribution in [0.5, 0.6) is 5.75 Å². The maximum Gasteiger partial charge on any atom is 0.123 e. The van der Waals surface area contributed by atoms with Crippen molar-refractivity contribution in [1.29, 1.82) is 5.26 Å². The summed E-state index contributed by atoms with van der Waals surface area (Å²) in [7, 11) is 0. The number of hydrogen-bond donors (Lipinski definition) is 2. The smallest absolute Gasteiger partial charge is 0.123 e. The summed E-state index contributed by atoms with van der Waals surface area (Å²) in [6.07, 6.45) is -0.611. The highest BCUT2D eigenvalue weighted by Crippen LogP contribution is 2.36. The highest BCUT2D eigenvalue weighted by molar-refractivity contribution is 6.30. The zero-order chi connectivity index (χ0) is 26.6. The summed E-state index contributed by atoms with van der Waals surface area (Å²) in [5.74, 6) is 0.185. The van der Waals surface area contributed by atoms with Crippen molar-refractivity contribution in [2.24, 2.45) is 0 Å². The summed E-state index contributed by atoms with van der Waals surface area (Å²) in [5.41, 5.74) is 1.79. The molecule has 8 heteroatoms. The molecule has 1 saturated heterocycles. The predicted octanol–water partition coefficient (Wildman–Crippen LogP) is 4.88. The van der Waals surface area contributed by atoms with E-state index in [0.717, 1.165) is 11.3 Å². The number of rotatable bonds is 8. The molecule has 0 aromatic heterocycles. The standard InChI is InChI=1S/C29H31ClFN3O3/c1-20(35)18-37-26-11-12-27(22(15-26)16-32)34-14-13-33(17-28(34)21-3-7-24(30)8-4-21)19-29(2,36)23-5-9-25(31)10-6-23/h3-12,15,20,28,35-36H,13-14,17-19H2,1-2H3/t20-,28-,29+/m0/s1. The number of nitriles is 1. The maximum absolute atomic E-state index is 13.4. The molecule has 0 unspecified atom stereocenters. The monoisotopic (exact) mass is 523 g/mol. The van der Waals surface area contributed by atoms with E-state index in [9.17, 15) is 19.9 Å². The lowest BCUT2D eigenvalue weighted by Gasteiger charge is -2.45. The number of aliphatic hydroxyl groups excluding tert-OH is 1. The summed E-state index contributed by atoms with van der Waals surface area (Å²) >= 11 is 6.16. The molecule has 194 valence electrons. The normalized spacial score (nSPS) is 18.6. The van der Waals surface area contributed by atoms with Crippen molar-refractivity contribution in [3.8, 4) is 11.8 Å². The molecule has 3 atom stereocenters. The van der Waals surface area contributed by atoms with E-state index in [0.29, 0.717) is 48.1 Å². The van der Waals surface area contributed by atoms with E-state index in [-0.39, 0.29) is 18.5 Å². The Morgan fingerprint density at radius 1 is 1.14 bits per heavy atom. The van der Waals surface area contributed by atoms with Gasteiger partial charge in [0.25, 0.3) is 0 Å². The van der Waals surface area contributed by atoms with Gasteiger partial charge in [-0.1, -0.05) is 35.9 Å². The number of halogens is 2. The summed E-state index contributed by atoms with van der Waals surface area (Å²) in [6, 6.07) is 21.2. The topological polar surface area (TPSA) is 80.0 Å². The third-order valence-corrected chi connectivity index (χ3v) is 6.86. The average molecular weight is 524 g/mol. The van der Waals surface area contributed by atoms with Crippen LogP contribution in [-0.4, -0.2) is 54.0 Å². The van der Waals surface area contributed by atoms with Crippen LogP contribution >= 0.6 is 11.6 Å². The molecule has 1 aliphatic rings. The van der Waals surface area contributed by atoms with Crippen LogP contribution in [0.1, 0.15) is 36.6 Å². The van der Waals surface area contributed by atoms with Crippen LogP contribution in [-0.2, 0) is 5.60 Å². The summed E-state index contributed by atoms with van der Waals surface area (Å²) in [4.78, 5) is 4.38. The van der Waals surface area contributed by atoms with Gasteiger partial charge in [-0.05, 0) is 67.4 Å². The van der Waals surface area contributed by atoms with E-state index in [1.165, 1.54) is 12.1 Å². The Kier molecular flexibility index (Phi) is 8.35. The molecule has 1 aliphatic heterocycles. The van der Waals surface area contributed by atoms with E-state index >= 15 is 0 Å². The Balaban J connectivity index is 1.61. The fraction of sp³-hybridized carbons (Fsp3) is 0.345. The van der Waals surface area contributed by atoms with E-state index in [1.807, 2.05) is 36.4 Å². The predicted molar refractivity (Wildman–Crippen MR) is 142 cm³/mol. The van der Waals surface area contributed by atoms with Crippen molar-refractivity contribution in [3.05, 3.63) is 94.3 Å². The number of ether oxygens (including phenoxy) is 1. The molecule has 0 radical (unpaired) electrons. The van der Waals surface area contributed by atoms with Gasteiger partial charge in [0.1, 0.15) is 24.2 Å². The molecule has 0 amide bonds. The van der Waals surface area contributed by atoms with Crippen LogP contribution in [0, 0.1) is 17.1 Å². The summed E-state index contributed by atoms with van der Waals surface area (Å²) < 4.78 is 19.0. The number of β-amino-alcohol motifs (C(OH)–C–C–N with tert-alkyl or cyclic N) is 1. The first-order valence-corrected chi connectivity index (χ1v) is 12.6. The zero-order valence-corrected chi connectivity index (χ0v) is 21.7. The number of hydrogen-bond acceptors (Lipinski definition) is 6. The molecule has 2 N–H and O–H groups in total. The van der Waals surface area contributed by atoms with Gasteiger partial charge in [-0.15, -0.1) is 0 Å². The number of piperazine rings is 1. The van der Waals surface area contributed by atoms with Gasteiger partial charge in [-0.2, -0.15) is 5.26 Å². The number of benzene rings is 3. The van der Waals surface area contributed by atoms with Crippen LogP contribution in [0.2, 0.25) is 5.02 Å². The molecule has 3 aromatic rings. The molecule has 4 rings (SSSR count). The Morgan fingerprint density at radius 2 is 1.84 bits per heavy atom. The molecule has 0 spiro atoms. The highest BCUT2D eigenvalue weighted by Gasteiger charge is 2.34. The molecule has 0 bridgehead atoms. The van der Waals surface area contributed by atoms with Gasteiger partial charge in [0, 0.05) is 31.2 Å². The molecule has 3 aromatic carbocycles. The van der Waals surface area contributed by atoms with Crippen molar-refractivity contribution in [2.75, 3.05) is 37.7 Å². The highest BCUT2D eigenvalue weighted by atomic mass is 35.5. The molecule has 0 saturated carbocycles. The molecule has 0 aliphatic carbocycles. The van der Waals surface area contributed by atoms with Crippen molar-refractivity contribution >= 4 is 17.3 Å². The number of aliphatic hydroxyl groups is 2. The largest absolute Gasteiger partial charge is 0.491 e. The zero-order valence-electron chi connectivity index (χ0n) is 20.9. The van der Waals surface area contributed by atoms with Gasteiger partial charge in [0.05, 0.1) is 29.0 Å². The number of nitrogens with zero attached hydrogens (tertiary/aromatic N) is 3. The average Bonchev–Trinajstić information content (AvgIpc) is 2.88. The van der Waals surface area contributed by atoms with Gasteiger partial charge < -0.3 is 19.8 Å². The van der Waals surface area contributed by atoms with E-state index < -0.39 is 11.7 Å². The first-order chi connectivity index (χ1) is 17.7. The third-order valence-electron chi connectivity index (χ3n) is 6.61. The third kappa shape index (κ3) is 6.60. The molecular formula is C29H31ClFN3O3. The maximum atomic E-state index is 13.4. The first kappa shape index (κ1) is 26.9. The van der Waals surface area contributed by atoms with Crippen molar-refractivity contribution in [3.63, 3.8) is 0 Å². The van der Waals surface area contributed by atoms with E-state index in [2.05, 4.69) is 15.9 Å². The fourth-order valence-corrected chi connectivity index (χ4v) is 4.87. The summed E-state index contributed by atoms with van der Waals surface area (Å²) in [5, 5.41) is 31.3. The van der Waals surface area contributed by atoms with Crippen molar-refractivity contribution in [2.45, 2.75) is 31.6 Å². The first-order valence-electron chi connectivity index (χ1n) is 12.2. The molecule has 6 nitrogen and oxygen atoms in total.